The number of carbonyl (C=O) groups is 1. The van der Waals surface area contributed by atoms with E-state index in [2.05, 4.69) is 30.0 Å². The number of nitrogens with one attached hydrogen (secondary N) is 2. The molecule has 2 unspecified atom stereocenters. The van der Waals surface area contributed by atoms with Crippen LogP contribution in [0, 0.1) is 12.8 Å². The quantitative estimate of drug-likeness (QED) is 0.446. The maximum Gasteiger partial charge on any atom is 0.264 e. The summed E-state index contributed by atoms with van der Waals surface area (Å²) in [7, 11) is -3.79. The number of carbonyl (C=O) groups excluding carboxylic acids is 1. The second-order valence-corrected chi connectivity index (χ2v) is 10.2. The molecule has 1 fully saturated rings. The number of fused-ring (bicyclic) bond motifs is 1. The molecule has 0 radical (unpaired) electrons. The lowest BCUT2D eigenvalue weighted by Crippen LogP contribution is -2.15. The van der Waals surface area contributed by atoms with Gasteiger partial charge in [-0.15, -0.1) is 0 Å². The Morgan fingerprint density at radius 3 is 2.59 bits per heavy atom. The van der Waals surface area contributed by atoms with Crippen LogP contribution in [-0.4, -0.2) is 34.3 Å². The third-order valence-electron chi connectivity index (χ3n) is 5.25. The van der Waals surface area contributed by atoms with Crippen LogP contribution >= 0.6 is 11.3 Å². The van der Waals surface area contributed by atoms with E-state index in [9.17, 15) is 13.2 Å². The van der Waals surface area contributed by atoms with E-state index in [1.807, 2.05) is 6.92 Å². The number of pyridine rings is 1. The summed E-state index contributed by atoms with van der Waals surface area (Å²) in [6.07, 6.45) is 7.11. The molecule has 1 saturated carbocycles. The zero-order valence-electron chi connectivity index (χ0n) is 16.9. The van der Waals surface area contributed by atoms with Gasteiger partial charge in [-0.25, -0.2) is 28.1 Å². The first kappa shape index (κ1) is 20.5. The number of hydrogen-bond donors (Lipinski definition) is 2. The molecule has 32 heavy (non-hydrogen) atoms. The number of benzene rings is 1. The molecular formula is C21H18N6O3S2. The zero-order chi connectivity index (χ0) is 22.3. The van der Waals surface area contributed by atoms with Gasteiger partial charge in [-0.05, 0) is 48.6 Å². The molecule has 1 aliphatic rings. The average Bonchev–Trinajstić information content (AvgIpc) is 3.48. The SMILES string of the molecule is Cc1cncc2sc(NC(=O)C3CC3c3ccc(S(=O)(=O)Nc4ncccn4)cc3)nc12. The van der Waals surface area contributed by atoms with E-state index in [0.29, 0.717) is 11.6 Å². The zero-order valence-corrected chi connectivity index (χ0v) is 18.5. The van der Waals surface area contributed by atoms with E-state index in [4.69, 9.17) is 0 Å². The Balaban J connectivity index is 1.24. The number of nitrogens with zero attached hydrogens (tertiary/aromatic N) is 4. The first-order valence-corrected chi connectivity index (χ1v) is 12.1. The number of anilines is 2. The van der Waals surface area contributed by atoms with Crippen LogP contribution < -0.4 is 10.0 Å². The Labute approximate surface area is 188 Å². The van der Waals surface area contributed by atoms with Gasteiger partial charge in [0.2, 0.25) is 11.9 Å². The van der Waals surface area contributed by atoms with E-state index >= 15 is 0 Å². The highest BCUT2D eigenvalue weighted by molar-refractivity contribution is 7.92. The minimum Gasteiger partial charge on any atom is -0.302 e. The summed E-state index contributed by atoms with van der Waals surface area (Å²) >= 11 is 1.40. The lowest BCUT2D eigenvalue weighted by Gasteiger charge is -2.07. The van der Waals surface area contributed by atoms with Gasteiger partial charge in [-0.2, -0.15) is 0 Å². The van der Waals surface area contributed by atoms with Crippen LogP contribution in [0.25, 0.3) is 10.2 Å². The van der Waals surface area contributed by atoms with Crippen molar-refractivity contribution < 1.29 is 13.2 Å². The Bertz CT molecular complexity index is 1400. The summed E-state index contributed by atoms with van der Waals surface area (Å²) in [6, 6.07) is 8.13. The predicted octanol–water partition coefficient (Wildman–Crippen LogP) is 3.33. The van der Waals surface area contributed by atoms with Crippen LogP contribution in [-0.2, 0) is 14.8 Å². The fourth-order valence-corrected chi connectivity index (χ4v) is 5.38. The first-order chi connectivity index (χ1) is 15.4. The second-order valence-electron chi connectivity index (χ2n) is 7.51. The molecule has 3 aromatic heterocycles. The number of aryl methyl sites for hydroxylation is 1. The van der Waals surface area contributed by atoms with Crippen LogP contribution in [0.1, 0.15) is 23.5 Å². The lowest BCUT2D eigenvalue weighted by molar-refractivity contribution is -0.117. The summed E-state index contributed by atoms with van der Waals surface area (Å²) < 4.78 is 28.3. The molecule has 1 aromatic carbocycles. The Morgan fingerprint density at radius 1 is 1.12 bits per heavy atom. The molecule has 2 atom stereocenters. The summed E-state index contributed by atoms with van der Waals surface area (Å²) in [6.45, 7) is 1.93. The smallest absolute Gasteiger partial charge is 0.264 e. The van der Waals surface area contributed by atoms with Gasteiger partial charge < -0.3 is 5.32 Å². The minimum absolute atomic E-state index is 0.0105. The van der Waals surface area contributed by atoms with Crippen molar-refractivity contribution in [3.63, 3.8) is 0 Å². The van der Waals surface area contributed by atoms with E-state index < -0.39 is 10.0 Å². The number of thiazole rings is 1. The van der Waals surface area contributed by atoms with Gasteiger partial charge in [0.15, 0.2) is 5.13 Å². The van der Waals surface area contributed by atoms with Gasteiger partial charge in [0.05, 0.1) is 15.1 Å². The predicted molar refractivity (Wildman–Crippen MR) is 121 cm³/mol. The molecule has 0 aliphatic heterocycles. The van der Waals surface area contributed by atoms with Crippen molar-refractivity contribution in [3.05, 3.63) is 66.2 Å². The Morgan fingerprint density at radius 2 is 1.88 bits per heavy atom. The third-order valence-corrected chi connectivity index (χ3v) is 7.50. The fraction of sp³-hybridized carbons (Fsp3) is 0.190. The molecule has 162 valence electrons. The van der Waals surface area contributed by atoms with Gasteiger partial charge in [-0.1, -0.05) is 23.5 Å². The van der Waals surface area contributed by atoms with Gasteiger partial charge >= 0.3 is 0 Å². The summed E-state index contributed by atoms with van der Waals surface area (Å²) in [5.41, 5.74) is 2.73. The Kier molecular flexibility index (Phi) is 5.06. The van der Waals surface area contributed by atoms with E-state index in [0.717, 1.165) is 21.3 Å². The monoisotopic (exact) mass is 466 g/mol. The highest BCUT2D eigenvalue weighted by Crippen LogP contribution is 2.48. The Hall–Kier alpha value is -3.44. The molecule has 1 amide bonds. The molecule has 2 N–H and O–H groups in total. The van der Waals surface area contributed by atoms with Gasteiger partial charge in [0.1, 0.15) is 0 Å². The summed E-state index contributed by atoms with van der Waals surface area (Å²) in [4.78, 5) is 29.2. The molecular weight excluding hydrogens is 448 g/mol. The standard InChI is InChI=1S/C21H18N6O3S2/c1-12-10-22-11-17-18(12)25-21(31-17)26-19(28)16-9-15(16)13-3-5-14(6-4-13)32(29,30)27-20-23-7-2-8-24-20/h2-8,10-11,15-16H,9H2,1H3,(H,23,24,27)(H,25,26,28). The van der Waals surface area contributed by atoms with Crippen LogP contribution in [0.2, 0.25) is 0 Å². The number of sulfonamides is 1. The van der Waals surface area contributed by atoms with Crippen LogP contribution in [0.3, 0.4) is 0 Å². The fourth-order valence-electron chi connectivity index (χ4n) is 3.51. The first-order valence-electron chi connectivity index (χ1n) is 9.82. The van der Waals surface area contributed by atoms with Crippen LogP contribution in [0.4, 0.5) is 11.1 Å². The van der Waals surface area contributed by atoms with E-state index in [1.165, 1.54) is 35.9 Å². The van der Waals surface area contributed by atoms with Crippen molar-refractivity contribution in [2.24, 2.45) is 5.92 Å². The van der Waals surface area contributed by atoms with Crippen molar-refractivity contribution in [1.82, 2.24) is 19.9 Å². The van der Waals surface area contributed by atoms with E-state index in [1.54, 1.807) is 30.6 Å². The summed E-state index contributed by atoms with van der Waals surface area (Å²) in [5, 5.41) is 3.46. The molecule has 0 bridgehead atoms. The number of amides is 1. The van der Waals surface area contributed by atoms with Crippen molar-refractivity contribution in [3.8, 4) is 0 Å². The number of aromatic nitrogens is 4. The largest absolute Gasteiger partial charge is 0.302 e. The summed E-state index contributed by atoms with van der Waals surface area (Å²) in [5.74, 6) is -0.190. The van der Waals surface area contributed by atoms with Crippen molar-refractivity contribution in [2.45, 2.75) is 24.2 Å². The molecule has 5 rings (SSSR count). The van der Waals surface area contributed by atoms with Crippen molar-refractivity contribution >= 4 is 48.6 Å². The van der Waals surface area contributed by atoms with E-state index in [-0.39, 0.29) is 28.6 Å². The van der Waals surface area contributed by atoms with Crippen molar-refractivity contribution in [1.29, 1.82) is 0 Å². The maximum absolute atomic E-state index is 12.7. The topological polar surface area (TPSA) is 127 Å². The van der Waals surface area contributed by atoms with Crippen molar-refractivity contribution in [2.75, 3.05) is 10.0 Å². The average molecular weight is 467 g/mol. The molecule has 4 aromatic rings. The molecule has 0 spiro atoms. The molecule has 11 heteroatoms. The van der Waals surface area contributed by atoms with Crippen LogP contribution in [0.15, 0.2) is 60.0 Å². The normalized spacial score (nSPS) is 17.8. The molecule has 3 heterocycles. The highest BCUT2D eigenvalue weighted by Gasteiger charge is 2.44. The third kappa shape index (κ3) is 4.04. The maximum atomic E-state index is 12.7. The highest BCUT2D eigenvalue weighted by atomic mass is 32.2. The second kappa shape index (κ2) is 7.92. The number of rotatable bonds is 6. The molecule has 0 saturated heterocycles. The minimum atomic E-state index is -3.79. The van der Waals surface area contributed by atoms with Gasteiger partial charge in [0.25, 0.3) is 10.0 Å². The van der Waals surface area contributed by atoms with Crippen LogP contribution in [0.5, 0.6) is 0 Å². The lowest BCUT2D eigenvalue weighted by atomic mass is 10.1. The molecule has 9 nitrogen and oxygen atoms in total. The number of hydrogen-bond acceptors (Lipinski definition) is 8. The molecule has 1 aliphatic carbocycles. The van der Waals surface area contributed by atoms with Gasteiger partial charge in [0, 0.05) is 30.7 Å². The van der Waals surface area contributed by atoms with Gasteiger partial charge in [-0.3, -0.25) is 9.78 Å².